The van der Waals surface area contributed by atoms with Crippen LogP contribution >= 0.6 is 0 Å². The van der Waals surface area contributed by atoms with Crippen LogP contribution in [0.4, 0.5) is 0 Å². The van der Waals surface area contributed by atoms with Gasteiger partial charge in [0.05, 0.1) is 6.61 Å². The molecule has 1 aromatic carbocycles. The van der Waals surface area contributed by atoms with Crippen molar-refractivity contribution in [2.24, 2.45) is 5.73 Å². The molecule has 1 atom stereocenters. The SMILES string of the molecule is CCOCCN(CC)CCCC(N)c1ccccc1. The number of hydrogen-bond donors (Lipinski definition) is 1. The maximum Gasteiger partial charge on any atom is 0.0593 e. The molecule has 2 N–H and O–H groups in total. The van der Waals surface area contributed by atoms with Crippen molar-refractivity contribution in [2.45, 2.75) is 32.7 Å². The van der Waals surface area contributed by atoms with E-state index in [2.05, 4.69) is 36.1 Å². The number of hydrogen-bond acceptors (Lipinski definition) is 3. The second-order valence-corrected chi connectivity index (χ2v) is 4.79. The lowest BCUT2D eigenvalue weighted by atomic mass is 10.0. The molecule has 0 amide bonds. The normalized spacial score (nSPS) is 12.8. The van der Waals surface area contributed by atoms with Crippen LogP contribution in [0, 0.1) is 0 Å². The van der Waals surface area contributed by atoms with Gasteiger partial charge in [-0.2, -0.15) is 0 Å². The number of rotatable bonds is 10. The van der Waals surface area contributed by atoms with Crippen LogP contribution in [0.2, 0.25) is 0 Å². The van der Waals surface area contributed by atoms with Gasteiger partial charge in [0, 0.05) is 19.2 Å². The minimum atomic E-state index is 0.159. The van der Waals surface area contributed by atoms with Crippen molar-refractivity contribution in [3.63, 3.8) is 0 Å². The Kier molecular flexibility index (Phi) is 8.47. The van der Waals surface area contributed by atoms with Crippen molar-refractivity contribution >= 4 is 0 Å². The summed E-state index contributed by atoms with van der Waals surface area (Å²) in [7, 11) is 0. The lowest BCUT2D eigenvalue weighted by molar-refractivity contribution is 0.114. The van der Waals surface area contributed by atoms with Crippen LogP contribution in [0.25, 0.3) is 0 Å². The molecule has 1 rings (SSSR count). The Labute approximate surface area is 117 Å². The highest BCUT2D eigenvalue weighted by Crippen LogP contribution is 2.15. The fraction of sp³-hybridized carbons (Fsp3) is 0.625. The van der Waals surface area contributed by atoms with E-state index in [1.54, 1.807) is 0 Å². The Morgan fingerprint density at radius 1 is 1.16 bits per heavy atom. The molecule has 108 valence electrons. The van der Waals surface area contributed by atoms with Crippen LogP contribution in [0.15, 0.2) is 30.3 Å². The number of nitrogens with zero attached hydrogens (tertiary/aromatic N) is 1. The summed E-state index contributed by atoms with van der Waals surface area (Å²) in [5, 5.41) is 0. The molecule has 3 nitrogen and oxygen atoms in total. The highest BCUT2D eigenvalue weighted by molar-refractivity contribution is 5.18. The van der Waals surface area contributed by atoms with Gasteiger partial charge in [-0.25, -0.2) is 0 Å². The van der Waals surface area contributed by atoms with Crippen LogP contribution in [-0.4, -0.2) is 37.7 Å². The van der Waals surface area contributed by atoms with Gasteiger partial charge in [-0.05, 0) is 38.4 Å². The zero-order valence-electron chi connectivity index (χ0n) is 12.3. The predicted molar refractivity (Wildman–Crippen MR) is 81.2 cm³/mol. The second-order valence-electron chi connectivity index (χ2n) is 4.79. The van der Waals surface area contributed by atoms with Crippen molar-refractivity contribution in [1.82, 2.24) is 4.90 Å². The predicted octanol–water partition coefficient (Wildman–Crippen LogP) is 2.83. The fourth-order valence-electron chi connectivity index (χ4n) is 2.17. The second kappa shape index (κ2) is 9.96. The quantitative estimate of drug-likeness (QED) is 0.660. The summed E-state index contributed by atoms with van der Waals surface area (Å²) < 4.78 is 5.40. The topological polar surface area (TPSA) is 38.5 Å². The Morgan fingerprint density at radius 3 is 2.53 bits per heavy atom. The van der Waals surface area contributed by atoms with E-state index in [9.17, 15) is 0 Å². The summed E-state index contributed by atoms with van der Waals surface area (Å²) in [6, 6.07) is 10.5. The largest absolute Gasteiger partial charge is 0.380 e. The first kappa shape index (κ1) is 16.2. The van der Waals surface area contributed by atoms with Crippen LogP contribution in [0.5, 0.6) is 0 Å². The van der Waals surface area contributed by atoms with Crippen LogP contribution in [0.1, 0.15) is 38.3 Å². The van der Waals surface area contributed by atoms with E-state index in [-0.39, 0.29) is 6.04 Å². The molecule has 0 spiro atoms. The van der Waals surface area contributed by atoms with Crippen LogP contribution in [0.3, 0.4) is 0 Å². The molecular formula is C16H28N2O. The average molecular weight is 264 g/mol. The molecule has 0 heterocycles. The third-order valence-corrected chi connectivity index (χ3v) is 3.42. The fourth-order valence-corrected chi connectivity index (χ4v) is 2.17. The van der Waals surface area contributed by atoms with Crippen molar-refractivity contribution < 1.29 is 4.74 Å². The Bertz CT molecular complexity index is 316. The lowest BCUT2D eigenvalue weighted by Gasteiger charge is -2.21. The number of benzene rings is 1. The van der Waals surface area contributed by atoms with Crippen molar-refractivity contribution in [2.75, 3.05) is 32.8 Å². The van der Waals surface area contributed by atoms with E-state index in [0.717, 1.165) is 45.7 Å². The van der Waals surface area contributed by atoms with Gasteiger partial charge >= 0.3 is 0 Å². The third kappa shape index (κ3) is 6.71. The van der Waals surface area contributed by atoms with Gasteiger partial charge in [-0.1, -0.05) is 37.3 Å². The number of likely N-dealkylation sites (N-methyl/N-ethyl adjacent to an activating group) is 1. The zero-order valence-corrected chi connectivity index (χ0v) is 12.3. The van der Waals surface area contributed by atoms with Crippen molar-refractivity contribution in [3.8, 4) is 0 Å². The Hall–Kier alpha value is -0.900. The van der Waals surface area contributed by atoms with Gasteiger partial charge in [0.25, 0.3) is 0 Å². The van der Waals surface area contributed by atoms with E-state index in [1.165, 1.54) is 5.56 Å². The molecule has 0 saturated carbocycles. The molecule has 1 aromatic rings. The summed E-state index contributed by atoms with van der Waals surface area (Å²) in [5.74, 6) is 0. The molecule has 0 radical (unpaired) electrons. The molecular weight excluding hydrogens is 236 g/mol. The number of ether oxygens (including phenoxy) is 1. The molecule has 0 aliphatic carbocycles. The smallest absolute Gasteiger partial charge is 0.0593 e. The average Bonchev–Trinajstić information content (AvgIpc) is 2.46. The van der Waals surface area contributed by atoms with E-state index < -0.39 is 0 Å². The highest BCUT2D eigenvalue weighted by Gasteiger charge is 2.07. The molecule has 1 unspecified atom stereocenters. The third-order valence-electron chi connectivity index (χ3n) is 3.42. The monoisotopic (exact) mass is 264 g/mol. The minimum Gasteiger partial charge on any atom is -0.380 e. The van der Waals surface area contributed by atoms with Gasteiger partial charge in [-0.15, -0.1) is 0 Å². The summed E-state index contributed by atoms with van der Waals surface area (Å²) in [5.41, 5.74) is 7.44. The van der Waals surface area contributed by atoms with Crippen molar-refractivity contribution in [1.29, 1.82) is 0 Å². The van der Waals surface area contributed by atoms with Gasteiger partial charge in [0.15, 0.2) is 0 Å². The zero-order chi connectivity index (χ0) is 13.9. The van der Waals surface area contributed by atoms with E-state index in [1.807, 2.05) is 13.0 Å². The van der Waals surface area contributed by atoms with E-state index in [0.29, 0.717) is 0 Å². The summed E-state index contributed by atoms with van der Waals surface area (Å²) in [6.45, 7) is 9.06. The first-order valence-corrected chi connectivity index (χ1v) is 7.38. The summed E-state index contributed by atoms with van der Waals surface area (Å²) in [4.78, 5) is 2.42. The molecule has 0 bridgehead atoms. The molecule has 19 heavy (non-hydrogen) atoms. The lowest BCUT2D eigenvalue weighted by Crippen LogP contribution is -2.29. The van der Waals surface area contributed by atoms with E-state index >= 15 is 0 Å². The summed E-state index contributed by atoms with van der Waals surface area (Å²) >= 11 is 0. The maximum absolute atomic E-state index is 6.20. The Balaban J connectivity index is 2.21. The van der Waals surface area contributed by atoms with Gasteiger partial charge in [0.1, 0.15) is 0 Å². The van der Waals surface area contributed by atoms with Gasteiger partial charge in [0.2, 0.25) is 0 Å². The first-order chi connectivity index (χ1) is 9.27. The molecule has 0 aliphatic rings. The van der Waals surface area contributed by atoms with Crippen molar-refractivity contribution in [3.05, 3.63) is 35.9 Å². The minimum absolute atomic E-state index is 0.159. The standard InChI is InChI=1S/C16H28N2O/c1-3-18(13-14-19-4-2)12-8-11-16(17)15-9-6-5-7-10-15/h5-7,9-10,16H,3-4,8,11-14,17H2,1-2H3. The molecule has 0 aromatic heterocycles. The maximum atomic E-state index is 6.20. The van der Waals surface area contributed by atoms with E-state index in [4.69, 9.17) is 10.5 Å². The van der Waals surface area contributed by atoms with Gasteiger partial charge < -0.3 is 15.4 Å². The van der Waals surface area contributed by atoms with Gasteiger partial charge in [-0.3, -0.25) is 0 Å². The first-order valence-electron chi connectivity index (χ1n) is 7.38. The molecule has 3 heteroatoms. The molecule has 0 saturated heterocycles. The number of nitrogens with two attached hydrogens (primary N) is 1. The van der Waals surface area contributed by atoms with Crippen LogP contribution < -0.4 is 5.73 Å². The van der Waals surface area contributed by atoms with Crippen LogP contribution in [-0.2, 0) is 4.74 Å². The summed E-state index contributed by atoms with van der Waals surface area (Å²) in [6.07, 6.45) is 2.17. The Morgan fingerprint density at radius 2 is 1.89 bits per heavy atom. The molecule has 0 aliphatic heterocycles. The molecule has 0 fully saturated rings. The highest BCUT2D eigenvalue weighted by atomic mass is 16.5.